The highest BCUT2D eigenvalue weighted by atomic mass is 16.5. The van der Waals surface area contributed by atoms with Gasteiger partial charge in [-0.2, -0.15) is 0 Å². The predicted molar refractivity (Wildman–Crippen MR) is 109 cm³/mol. The molecule has 1 saturated carbocycles. The first-order valence-corrected chi connectivity index (χ1v) is 10.5. The molecule has 1 aromatic rings. The van der Waals surface area contributed by atoms with Crippen LogP contribution in [0, 0.1) is 11.8 Å². The van der Waals surface area contributed by atoms with Gasteiger partial charge in [-0.3, -0.25) is 9.59 Å². The van der Waals surface area contributed by atoms with E-state index in [1.165, 1.54) is 0 Å². The van der Waals surface area contributed by atoms with Crippen LogP contribution in [-0.2, 0) is 19.1 Å². The van der Waals surface area contributed by atoms with Crippen molar-refractivity contribution < 1.29 is 28.5 Å². The number of amides is 1. The molecule has 0 bridgehead atoms. The van der Waals surface area contributed by atoms with Crippen molar-refractivity contribution in [2.45, 2.75) is 38.3 Å². The number of hydrogen-bond donors (Lipinski definition) is 0. The topological polar surface area (TPSA) is 74.3 Å². The summed E-state index contributed by atoms with van der Waals surface area (Å²) in [6.07, 6.45) is 2.41. The molecule has 0 radical (unpaired) electrons. The Morgan fingerprint density at radius 1 is 1.10 bits per heavy atom. The molecule has 30 heavy (non-hydrogen) atoms. The standard InChI is InChI=1S/C23H29NO6/c1-13-5-7-16-15(11-13)21(25)19-20(14-6-8-17(28-3)18(12-14)29-4)24(9-10-27-2)23(26)22(19)30-16/h6,8,12-13,15-16,20H,5,7,9-11H2,1-4H3. The Labute approximate surface area is 176 Å². The van der Waals surface area contributed by atoms with Crippen molar-refractivity contribution in [1.29, 1.82) is 0 Å². The van der Waals surface area contributed by atoms with E-state index < -0.39 is 6.04 Å². The minimum atomic E-state index is -0.520. The van der Waals surface area contributed by atoms with Crippen LogP contribution in [0.25, 0.3) is 0 Å². The summed E-state index contributed by atoms with van der Waals surface area (Å²) in [6.45, 7) is 2.90. The Morgan fingerprint density at radius 3 is 2.57 bits per heavy atom. The van der Waals surface area contributed by atoms with Gasteiger partial charge in [0.2, 0.25) is 0 Å². The number of Topliss-reactive ketones (excluding diaryl/α,β-unsaturated/α-hetero) is 1. The maximum atomic E-state index is 13.6. The summed E-state index contributed by atoms with van der Waals surface area (Å²) in [5.41, 5.74) is 1.26. The molecule has 4 atom stereocenters. The summed E-state index contributed by atoms with van der Waals surface area (Å²) in [6, 6.07) is 4.98. The van der Waals surface area contributed by atoms with Crippen LogP contribution >= 0.6 is 0 Å². The Bertz CT molecular complexity index is 878. The number of carbonyl (C=O) groups is 2. The maximum Gasteiger partial charge on any atom is 0.290 e. The van der Waals surface area contributed by atoms with Crippen molar-refractivity contribution in [3.63, 3.8) is 0 Å². The molecule has 2 aliphatic heterocycles. The van der Waals surface area contributed by atoms with E-state index in [9.17, 15) is 9.59 Å². The van der Waals surface area contributed by atoms with Gasteiger partial charge in [-0.15, -0.1) is 0 Å². The van der Waals surface area contributed by atoms with Crippen molar-refractivity contribution in [3.05, 3.63) is 35.1 Å². The number of rotatable bonds is 6. The van der Waals surface area contributed by atoms with Crippen LogP contribution in [0.1, 0.15) is 37.8 Å². The van der Waals surface area contributed by atoms with Crippen LogP contribution < -0.4 is 9.47 Å². The first-order chi connectivity index (χ1) is 14.5. The number of ketones is 1. The van der Waals surface area contributed by atoms with Gasteiger partial charge in [0.05, 0.1) is 38.4 Å². The maximum absolute atomic E-state index is 13.6. The number of nitrogens with zero attached hydrogens (tertiary/aromatic N) is 1. The van der Waals surface area contributed by atoms with Gasteiger partial charge in [0, 0.05) is 13.7 Å². The zero-order chi connectivity index (χ0) is 21.4. The lowest BCUT2D eigenvalue weighted by atomic mass is 9.74. The number of ether oxygens (including phenoxy) is 4. The van der Waals surface area contributed by atoms with Gasteiger partial charge >= 0.3 is 0 Å². The number of fused-ring (bicyclic) bond motifs is 1. The van der Waals surface area contributed by atoms with Crippen LogP contribution in [0.2, 0.25) is 0 Å². The summed E-state index contributed by atoms with van der Waals surface area (Å²) in [7, 11) is 4.74. The van der Waals surface area contributed by atoms with Gasteiger partial charge in [-0.1, -0.05) is 13.0 Å². The van der Waals surface area contributed by atoms with Gasteiger partial charge in [0.15, 0.2) is 23.0 Å². The van der Waals surface area contributed by atoms with Gasteiger partial charge in [-0.05, 0) is 42.9 Å². The van der Waals surface area contributed by atoms with Crippen molar-refractivity contribution >= 4 is 11.7 Å². The van der Waals surface area contributed by atoms with Crippen molar-refractivity contribution in [3.8, 4) is 11.5 Å². The number of methoxy groups -OCH3 is 3. The molecule has 1 fully saturated rings. The first kappa shape index (κ1) is 20.7. The first-order valence-electron chi connectivity index (χ1n) is 10.5. The average Bonchev–Trinajstić information content (AvgIpc) is 3.04. The molecule has 0 spiro atoms. The summed E-state index contributed by atoms with van der Waals surface area (Å²) < 4.78 is 22.2. The molecule has 0 saturated heterocycles. The zero-order valence-corrected chi connectivity index (χ0v) is 18.0. The SMILES string of the molecule is COCCN1C(=O)C2=C(C(=O)C3CC(C)CCC3O2)C1c1ccc(OC)c(OC)c1. The number of benzene rings is 1. The minimum Gasteiger partial charge on any atom is -0.493 e. The Kier molecular flexibility index (Phi) is 5.73. The van der Waals surface area contributed by atoms with E-state index >= 15 is 0 Å². The molecular formula is C23H29NO6. The van der Waals surface area contributed by atoms with Crippen LogP contribution in [0.4, 0.5) is 0 Å². The summed E-state index contributed by atoms with van der Waals surface area (Å²) >= 11 is 0. The fraction of sp³-hybridized carbons (Fsp3) is 0.565. The Balaban J connectivity index is 1.78. The zero-order valence-electron chi connectivity index (χ0n) is 18.0. The molecule has 3 aliphatic rings. The summed E-state index contributed by atoms with van der Waals surface area (Å²) in [5, 5.41) is 0. The largest absolute Gasteiger partial charge is 0.493 e. The third kappa shape index (κ3) is 3.35. The molecule has 0 aromatic heterocycles. The van der Waals surface area contributed by atoms with Gasteiger partial charge < -0.3 is 23.8 Å². The van der Waals surface area contributed by atoms with Crippen LogP contribution in [0.3, 0.4) is 0 Å². The highest BCUT2D eigenvalue weighted by molar-refractivity contribution is 6.11. The Morgan fingerprint density at radius 2 is 1.87 bits per heavy atom. The average molecular weight is 415 g/mol. The van der Waals surface area contributed by atoms with Gasteiger partial charge in [0.1, 0.15) is 6.10 Å². The van der Waals surface area contributed by atoms with E-state index in [0.717, 1.165) is 24.8 Å². The fourth-order valence-corrected chi connectivity index (χ4v) is 4.91. The predicted octanol–water partition coefficient (Wildman–Crippen LogP) is 2.89. The van der Waals surface area contributed by atoms with Crippen molar-refractivity contribution in [2.75, 3.05) is 34.5 Å². The molecule has 1 amide bonds. The van der Waals surface area contributed by atoms with Gasteiger partial charge in [0.25, 0.3) is 5.91 Å². The lowest BCUT2D eigenvalue weighted by Gasteiger charge is -2.37. The molecule has 7 nitrogen and oxygen atoms in total. The summed E-state index contributed by atoms with van der Waals surface area (Å²) in [5.74, 6) is 1.44. The molecule has 1 aliphatic carbocycles. The second-order valence-corrected chi connectivity index (χ2v) is 8.30. The molecule has 4 unspecified atom stereocenters. The van der Waals surface area contributed by atoms with Crippen LogP contribution in [0.5, 0.6) is 11.5 Å². The van der Waals surface area contributed by atoms with Crippen molar-refractivity contribution in [2.24, 2.45) is 11.8 Å². The van der Waals surface area contributed by atoms with E-state index in [2.05, 4.69) is 6.92 Å². The quantitative estimate of drug-likeness (QED) is 0.711. The van der Waals surface area contributed by atoms with E-state index in [1.807, 2.05) is 12.1 Å². The number of hydrogen-bond acceptors (Lipinski definition) is 6. The molecule has 2 heterocycles. The molecular weight excluding hydrogens is 386 g/mol. The minimum absolute atomic E-state index is 0.0425. The smallest absolute Gasteiger partial charge is 0.290 e. The second-order valence-electron chi connectivity index (χ2n) is 8.30. The van der Waals surface area contributed by atoms with Gasteiger partial charge in [-0.25, -0.2) is 0 Å². The third-order valence-corrected chi connectivity index (χ3v) is 6.47. The molecule has 0 N–H and O–H groups in total. The summed E-state index contributed by atoms with van der Waals surface area (Å²) in [4.78, 5) is 28.6. The fourth-order valence-electron chi connectivity index (χ4n) is 4.91. The highest BCUT2D eigenvalue weighted by Gasteiger charge is 2.52. The normalized spacial score (nSPS) is 28.2. The lowest BCUT2D eigenvalue weighted by molar-refractivity contribution is -0.136. The monoisotopic (exact) mass is 415 g/mol. The molecule has 7 heteroatoms. The second kappa shape index (κ2) is 8.30. The van der Waals surface area contributed by atoms with Crippen LogP contribution in [-0.4, -0.2) is 57.2 Å². The Hall–Kier alpha value is -2.54. The molecule has 1 aromatic carbocycles. The number of carbonyl (C=O) groups excluding carboxylic acids is 2. The van der Waals surface area contributed by atoms with E-state index in [1.54, 1.807) is 32.3 Å². The molecule has 4 rings (SSSR count). The lowest BCUT2D eigenvalue weighted by Crippen LogP contribution is -2.41. The third-order valence-electron chi connectivity index (χ3n) is 6.47. The van der Waals surface area contributed by atoms with Crippen LogP contribution in [0.15, 0.2) is 29.5 Å². The van der Waals surface area contributed by atoms with E-state index in [4.69, 9.17) is 18.9 Å². The van der Waals surface area contributed by atoms with E-state index in [0.29, 0.717) is 36.1 Å². The van der Waals surface area contributed by atoms with Crippen molar-refractivity contribution in [1.82, 2.24) is 4.90 Å². The molecule has 162 valence electrons. The van der Waals surface area contributed by atoms with E-state index in [-0.39, 0.29) is 29.5 Å². The highest BCUT2D eigenvalue weighted by Crippen LogP contribution is 2.48.